The van der Waals surface area contributed by atoms with E-state index in [9.17, 15) is 14.4 Å². The number of ether oxygens (including phenoxy) is 4. The highest BCUT2D eigenvalue weighted by molar-refractivity contribution is 8.18. The lowest BCUT2D eigenvalue weighted by atomic mass is 10.2. The first-order valence-corrected chi connectivity index (χ1v) is 10.8. The first-order valence-electron chi connectivity index (χ1n) is 9.94. The predicted octanol–water partition coefficient (Wildman–Crippen LogP) is 3.40. The van der Waals surface area contributed by atoms with Gasteiger partial charge in [0.2, 0.25) is 0 Å². The smallest absolute Gasteiger partial charge is 0.293 e. The summed E-state index contributed by atoms with van der Waals surface area (Å²) in [4.78, 5) is 38.3. The van der Waals surface area contributed by atoms with Gasteiger partial charge in [0, 0.05) is 7.11 Å². The number of anilines is 1. The molecular formula is C23H24N2O7S. The van der Waals surface area contributed by atoms with Crippen LogP contribution in [0, 0.1) is 0 Å². The van der Waals surface area contributed by atoms with E-state index in [-0.39, 0.29) is 36.8 Å². The van der Waals surface area contributed by atoms with Crippen molar-refractivity contribution in [2.45, 2.75) is 0 Å². The first kappa shape index (κ1) is 24.1. The van der Waals surface area contributed by atoms with Crippen LogP contribution in [0.2, 0.25) is 0 Å². The molecule has 3 rings (SSSR count). The maximum Gasteiger partial charge on any atom is 0.293 e. The van der Waals surface area contributed by atoms with Crippen LogP contribution in [0.3, 0.4) is 0 Å². The molecule has 10 heteroatoms. The van der Waals surface area contributed by atoms with Gasteiger partial charge in [-0.05, 0) is 47.7 Å². The maximum atomic E-state index is 12.5. The van der Waals surface area contributed by atoms with Crippen LogP contribution < -0.4 is 19.5 Å². The van der Waals surface area contributed by atoms with Crippen molar-refractivity contribution in [2.24, 2.45) is 0 Å². The number of hydrogen-bond acceptors (Lipinski definition) is 8. The van der Waals surface area contributed by atoms with Crippen LogP contribution in [-0.4, -0.2) is 63.0 Å². The molecule has 1 aliphatic rings. The molecule has 1 N–H and O–H groups in total. The van der Waals surface area contributed by atoms with Gasteiger partial charge in [0.15, 0.2) is 18.1 Å². The molecule has 2 aromatic rings. The zero-order chi connectivity index (χ0) is 23.8. The Hall–Kier alpha value is -3.50. The highest BCUT2D eigenvalue weighted by atomic mass is 32.2. The van der Waals surface area contributed by atoms with Crippen molar-refractivity contribution in [3.8, 4) is 17.2 Å². The third kappa shape index (κ3) is 6.05. The Morgan fingerprint density at radius 1 is 1.03 bits per heavy atom. The molecule has 0 aromatic heterocycles. The summed E-state index contributed by atoms with van der Waals surface area (Å²) >= 11 is 0.870. The lowest BCUT2D eigenvalue weighted by Crippen LogP contribution is -2.31. The molecule has 3 amide bonds. The van der Waals surface area contributed by atoms with Gasteiger partial charge in [-0.2, -0.15) is 0 Å². The Kier molecular flexibility index (Phi) is 8.34. The van der Waals surface area contributed by atoms with Crippen molar-refractivity contribution in [3.63, 3.8) is 0 Å². The fourth-order valence-electron chi connectivity index (χ4n) is 3.00. The molecule has 174 valence electrons. The number of para-hydroxylation sites is 2. The molecule has 0 bridgehead atoms. The number of thioether (sulfide) groups is 1. The molecule has 2 aromatic carbocycles. The van der Waals surface area contributed by atoms with Gasteiger partial charge in [-0.15, -0.1) is 0 Å². The van der Waals surface area contributed by atoms with Crippen molar-refractivity contribution < 1.29 is 33.3 Å². The minimum Gasteiger partial charge on any atom is -0.495 e. The van der Waals surface area contributed by atoms with E-state index in [2.05, 4.69) is 5.32 Å². The quantitative estimate of drug-likeness (QED) is 0.525. The molecule has 1 aliphatic heterocycles. The zero-order valence-corrected chi connectivity index (χ0v) is 19.3. The normalized spacial score (nSPS) is 14.5. The van der Waals surface area contributed by atoms with E-state index in [1.165, 1.54) is 21.3 Å². The highest BCUT2D eigenvalue weighted by Crippen LogP contribution is 2.34. The number of imide groups is 1. The van der Waals surface area contributed by atoms with E-state index in [1.54, 1.807) is 48.5 Å². The van der Waals surface area contributed by atoms with Gasteiger partial charge < -0.3 is 24.3 Å². The second-order valence-corrected chi connectivity index (χ2v) is 7.77. The average molecular weight is 473 g/mol. The monoisotopic (exact) mass is 472 g/mol. The van der Waals surface area contributed by atoms with E-state index in [4.69, 9.17) is 18.9 Å². The number of methoxy groups -OCH3 is 3. The molecule has 1 saturated heterocycles. The standard InChI is InChI=1S/C23H24N2O7S/c1-29-11-10-25-22(27)20(33-23(25)28)13-15-8-9-18(19(12-15)31-3)32-14-21(26)24-16-6-4-5-7-17(16)30-2/h4-9,12-13H,10-11,14H2,1-3H3,(H,24,26)/b20-13-. The molecule has 0 spiro atoms. The van der Waals surface area contributed by atoms with E-state index < -0.39 is 0 Å². The molecule has 0 atom stereocenters. The Morgan fingerprint density at radius 2 is 1.79 bits per heavy atom. The van der Waals surface area contributed by atoms with Crippen molar-refractivity contribution in [2.75, 3.05) is 46.4 Å². The number of carbonyl (C=O) groups excluding carboxylic acids is 3. The summed E-state index contributed by atoms with van der Waals surface area (Å²) in [5, 5.41) is 2.39. The van der Waals surface area contributed by atoms with Gasteiger partial charge in [-0.1, -0.05) is 18.2 Å². The van der Waals surface area contributed by atoms with Crippen molar-refractivity contribution in [1.82, 2.24) is 4.90 Å². The first-order chi connectivity index (χ1) is 16.0. The van der Waals surface area contributed by atoms with Gasteiger partial charge in [0.05, 0.1) is 38.0 Å². The molecule has 0 saturated carbocycles. The largest absolute Gasteiger partial charge is 0.495 e. The lowest BCUT2D eigenvalue weighted by molar-refractivity contribution is -0.123. The van der Waals surface area contributed by atoms with Crippen LogP contribution in [-0.2, 0) is 14.3 Å². The van der Waals surface area contributed by atoms with E-state index in [0.29, 0.717) is 33.4 Å². The van der Waals surface area contributed by atoms with Crippen LogP contribution in [0.15, 0.2) is 47.4 Å². The van der Waals surface area contributed by atoms with Gasteiger partial charge in [0.1, 0.15) is 5.75 Å². The molecule has 0 radical (unpaired) electrons. The number of nitrogens with zero attached hydrogens (tertiary/aromatic N) is 1. The minimum atomic E-state index is -0.366. The second-order valence-electron chi connectivity index (χ2n) is 6.77. The number of nitrogens with one attached hydrogen (secondary N) is 1. The Balaban J connectivity index is 1.66. The van der Waals surface area contributed by atoms with Crippen molar-refractivity contribution >= 4 is 40.6 Å². The third-order valence-corrected chi connectivity index (χ3v) is 5.53. The maximum absolute atomic E-state index is 12.5. The summed E-state index contributed by atoms with van der Waals surface area (Å²) in [6, 6.07) is 12.1. The van der Waals surface area contributed by atoms with Crippen LogP contribution in [0.5, 0.6) is 17.2 Å². The Bertz CT molecular complexity index is 1070. The molecule has 9 nitrogen and oxygen atoms in total. The second kappa shape index (κ2) is 11.4. The number of amides is 3. The fourth-order valence-corrected chi connectivity index (χ4v) is 3.86. The average Bonchev–Trinajstić information content (AvgIpc) is 3.08. The Labute approximate surface area is 195 Å². The molecule has 0 unspecified atom stereocenters. The number of benzene rings is 2. The van der Waals surface area contributed by atoms with Gasteiger partial charge in [0.25, 0.3) is 17.1 Å². The topological polar surface area (TPSA) is 103 Å². The van der Waals surface area contributed by atoms with Crippen LogP contribution in [0.1, 0.15) is 5.56 Å². The molecule has 1 heterocycles. The fraction of sp³-hybridized carbons (Fsp3) is 0.261. The lowest BCUT2D eigenvalue weighted by Gasteiger charge is -2.13. The number of rotatable bonds is 10. The van der Waals surface area contributed by atoms with E-state index in [0.717, 1.165) is 16.7 Å². The van der Waals surface area contributed by atoms with E-state index >= 15 is 0 Å². The highest BCUT2D eigenvalue weighted by Gasteiger charge is 2.34. The number of carbonyl (C=O) groups is 3. The molecular weight excluding hydrogens is 448 g/mol. The predicted molar refractivity (Wildman–Crippen MR) is 125 cm³/mol. The summed E-state index contributed by atoms with van der Waals surface area (Å²) in [6.07, 6.45) is 1.61. The summed E-state index contributed by atoms with van der Waals surface area (Å²) in [7, 11) is 4.50. The molecule has 0 aliphatic carbocycles. The SMILES string of the molecule is COCCN1C(=O)S/C(=C\c2ccc(OCC(=O)Nc3ccccc3OC)c(OC)c2)C1=O. The molecule has 1 fully saturated rings. The van der Waals surface area contributed by atoms with Gasteiger partial charge in [-0.25, -0.2) is 0 Å². The summed E-state index contributed by atoms with van der Waals surface area (Å²) in [5.74, 6) is 0.551. The van der Waals surface area contributed by atoms with Crippen LogP contribution >= 0.6 is 11.8 Å². The van der Waals surface area contributed by atoms with Crippen LogP contribution in [0.4, 0.5) is 10.5 Å². The van der Waals surface area contributed by atoms with Crippen molar-refractivity contribution in [3.05, 3.63) is 52.9 Å². The molecule has 33 heavy (non-hydrogen) atoms. The Morgan fingerprint density at radius 3 is 2.52 bits per heavy atom. The minimum absolute atomic E-state index is 0.200. The summed E-state index contributed by atoms with van der Waals surface area (Å²) < 4.78 is 21.1. The van der Waals surface area contributed by atoms with Crippen molar-refractivity contribution in [1.29, 1.82) is 0 Å². The third-order valence-electron chi connectivity index (χ3n) is 4.62. The van der Waals surface area contributed by atoms with Gasteiger partial charge in [-0.3, -0.25) is 19.3 Å². The zero-order valence-electron chi connectivity index (χ0n) is 18.5. The van der Waals surface area contributed by atoms with Crippen LogP contribution in [0.25, 0.3) is 6.08 Å². The summed E-state index contributed by atoms with van der Waals surface area (Å²) in [6.45, 7) is 0.230. The van der Waals surface area contributed by atoms with E-state index in [1.807, 2.05) is 0 Å². The van der Waals surface area contributed by atoms with Gasteiger partial charge >= 0.3 is 0 Å². The summed E-state index contributed by atoms with van der Waals surface area (Å²) in [5.41, 5.74) is 1.19. The number of hydrogen-bond donors (Lipinski definition) is 1.